The summed E-state index contributed by atoms with van der Waals surface area (Å²) in [6.07, 6.45) is -2.20. The Balaban J connectivity index is 2.63. The normalized spacial score (nSPS) is 40.2. The SMILES string of the molecule is COC1CC(C(=O)O)CC(O)C1O. The van der Waals surface area contributed by atoms with Gasteiger partial charge in [0.1, 0.15) is 6.10 Å². The van der Waals surface area contributed by atoms with Gasteiger partial charge in [-0.25, -0.2) is 0 Å². The van der Waals surface area contributed by atoms with Gasteiger partial charge < -0.3 is 20.1 Å². The van der Waals surface area contributed by atoms with Gasteiger partial charge in [-0.1, -0.05) is 0 Å². The topological polar surface area (TPSA) is 87.0 Å². The van der Waals surface area contributed by atoms with Gasteiger partial charge in [-0.15, -0.1) is 0 Å². The van der Waals surface area contributed by atoms with E-state index in [0.29, 0.717) is 0 Å². The minimum Gasteiger partial charge on any atom is -0.481 e. The summed E-state index contributed by atoms with van der Waals surface area (Å²) in [5.41, 5.74) is 0. The third-order valence-corrected chi connectivity index (χ3v) is 2.47. The number of carbonyl (C=O) groups is 1. The molecule has 76 valence electrons. The van der Waals surface area contributed by atoms with Crippen LogP contribution in [-0.2, 0) is 9.53 Å². The molecule has 0 spiro atoms. The third-order valence-electron chi connectivity index (χ3n) is 2.47. The number of hydrogen-bond donors (Lipinski definition) is 3. The maximum Gasteiger partial charge on any atom is 0.306 e. The summed E-state index contributed by atoms with van der Waals surface area (Å²) >= 11 is 0. The molecule has 1 rings (SSSR count). The first-order valence-corrected chi connectivity index (χ1v) is 4.18. The molecule has 0 amide bonds. The Morgan fingerprint density at radius 1 is 1.38 bits per heavy atom. The molecule has 0 aromatic heterocycles. The summed E-state index contributed by atoms with van der Waals surface area (Å²) in [6, 6.07) is 0. The number of aliphatic hydroxyl groups excluding tert-OH is 2. The first-order chi connectivity index (χ1) is 6.06. The van der Waals surface area contributed by atoms with E-state index in [0.717, 1.165) is 0 Å². The van der Waals surface area contributed by atoms with Crippen molar-refractivity contribution < 1.29 is 24.9 Å². The molecule has 13 heavy (non-hydrogen) atoms. The monoisotopic (exact) mass is 190 g/mol. The van der Waals surface area contributed by atoms with Gasteiger partial charge in [0, 0.05) is 7.11 Å². The van der Waals surface area contributed by atoms with Gasteiger partial charge in [-0.3, -0.25) is 4.79 Å². The van der Waals surface area contributed by atoms with Gasteiger partial charge in [0.15, 0.2) is 0 Å². The predicted octanol–water partition coefficient (Wildman–Crippen LogP) is -0.782. The average Bonchev–Trinajstić information content (AvgIpc) is 2.09. The fraction of sp³-hybridized carbons (Fsp3) is 0.875. The van der Waals surface area contributed by atoms with Gasteiger partial charge in [0.25, 0.3) is 0 Å². The van der Waals surface area contributed by atoms with Crippen molar-refractivity contribution in [2.24, 2.45) is 5.92 Å². The number of methoxy groups -OCH3 is 1. The first kappa shape index (κ1) is 10.4. The summed E-state index contributed by atoms with van der Waals surface area (Å²) in [7, 11) is 1.39. The molecule has 4 unspecified atom stereocenters. The van der Waals surface area contributed by atoms with Crippen LogP contribution >= 0.6 is 0 Å². The minimum absolute atomic E-state index is 0.0936. The highest BCUT2D eigenvalue weighted by molar-refractivity contribution is 5.70. The van der Waals surface area contributed by atoms with Gasteiger partial charge >= 0.3 is 5.97 Å². The van der Waals surface area contributed by atoms with Crippen LogP contribution < -0.4 is 0 Å². The maximum atomic E-state index is 10.6. The molecule has 1 aliphatic carbocycles. The number of aliphatic carboxylic acids is 1. The molecule has 0 heterocycles. The molecular weight excluding hydrogens is 176 g/mol. The smallest absolute Gasteiger partial charge is 0.306 e. The number of rotatable bonds is 2. The lowest BCUT2D eigenvalue weighted by Gasteiger charge is -2.34. The number of carboxylic acids is 1. The van der Waals surface area contributed by atoms with Crippen molar-refractivity contribution in [3.05, 3.63) is 0 Å². The number of ether oxygens (including phenoxy) is 1. The van der Waals surface area contributed by atoms with Gasteiger partial charge in [0.2, 0.25) is 0 Å². The number of carboxylic acid groups (broad SMARTS) is 1. The van der Waals surface area contributed by atoms with Crippen molar-refractivity contribution in [1.29, 1.82) is 0 Å². The Morgan fingerprint density at radius 2 is 2.00 bits per heavy atom. The Kier molecular flexibility index (Phi) is 3.24. The van der Waals surface area contributed by atoms with Crippen LogP contribution in [0.15, 0.2) is 0 Å². The van der Waals surface area contributed by atoms with Crippen LogP contribution in [0.5, 0.6) is 0 Å². The van der Waals surface area contributed by atoms with Crippen LogP contribution in [0.3, 0.4) is 0 Å². The summed E-state index contributed by atoms with van der Waals surface area (Å²) in [5, 5.41) is 27.4. The van der Waals surface area contributed by atoms with Crippen molar-refractivity contribution in [2.75, 3.05) is 7.11 Å². The molecule has 4 atom stereocenters. The average molecular weight is 190 g/mol. The van der Waals surface area contributed by atoms with Gasteiger partial charge in [0.05, 0.1) is 18.1 Å². The van der Waals surface area contributed by atoms with E-state index in [4.69, 9.17) is 9.84 Å². The van der Waals surface area contributed by atoms with E-state index in [-0.39, 0.29) is 12.8 Å². The van der Waals surface area contributed by atoms with E-state index in [1.807, 2.05) is 0 Å². The Bertz CT molecular complexity index is 193. The molecule has 0 aliphatic heterocycles. The molecule has 5 heteroatoms. The summed E-state index contributed by atoms with van der Waals surface area (Å²) in [4.78, 5) is 10.6. The molecule has 1 saturated carbocycles. The van der Waals surface area contributed by atoms with Crippen molar-refractivity contribution in [3.8, 4) is 0 Å². The van der Waals surface area contributed by atoms with Crippen molar-refractivity contribution in [3.63, 3.8) is 0 Å². The van der Waals surface area contributed by atoms with E-state index in [1.54, 1.807) is 0 Å². The second-order valence-electron chi connectivity index (χ2n) is 3.34. The van der Waals surface area contributed by atoms with Gasteiger partial charge in [-0.2, -0.15) is 0 Å². The lowest BCUT2D eigenvalue weighted by atomic mass is 9.83. The molecule has 0 saturated heterocycles. The molecular formula is C8H14O5. The van der Waals surface area contributed by atoms with E-state index in [9.17, 15) is 15.0 Å². The molecule has 1 fully saturated rings. The minimum atomic E-state index is -1.00. The Labute approximate surface area is 75.9 Å². The zero-order valence-electron chi connectivity index (χ0n) is 7.38. The van der Waals surface area contributed by atoms with Crippen molar-refractivity contribution in [1.82, 2.24) is 0 Å². The van der Waals surface area contributed by atoms with E-state index < -0.39 is 30.2 Å². The van der Waals surface area contributed by atoms with Crippen LogP contribution in [0.4, 0.5) is 0 Å². The number of hydrogen-bond acceptors (Lipinski definition) is 4. The second kappa shape index (κ2) is 4.04. The largest absolute Gasteiger partial charge is 0.481 e. The van der Waals surface area contributed by atoms with Crippen LogP contribution in [-0.4, -0.2) is 46.7 Å². The zero-order chi connectivity index (χ0) is 10.0. The molecule has 3 N–H and O–H groups in total. The highest BCUT2D eigenvalue weighted by atomic mass is 16.5. The fourth-order valence-corrected chi connectivity index (χ4v) is 1.63. The van der Waals surface area contributed by atoms with E-state index >= 15 is 0 Å². The number of aliphatic hydroxyl groups is 2. The lowest BCUT2D eigenvalue weighted by Crippen LogP contribution is -2.47. The molecule has 0 aromatic carbocycles. The highest BCUT2D eigenvalue weighted by Gasteiger charge is 2.38. The van der Waals surface area contributed by atoms with Crippen LogP contribution in [0.25, 0.3) is 0 Å². The predicted molar refractivity (Wildman–Crippen MR) is 43.2 cm³/mol. The van der Waals surface area contributed by atoms with Crippen molar-refractivity contribution >= 4 is 5.97 Å². The van der Waals surface area contributed by atoms with Crippen LogP contribution in [0.2, 0.25) is 0 Å². The quantitative estimate of drug-likeness (QED) is 0.531. The second-order valence-corrected chi connectivity index (χ2v) is 3.34. The molecule has 5 nitrogen and oxygen atoms in total. The summed E-state index contributed by atoms with van der Waals surface area (Å²) < 4.78 is 4.88. The molecule has 0 bridgehead atoms. The summed E-state index contributed by atoms with van der Waals surface area (Å²) in [5.74, 6) is -1.57. The lowest BCUT2D eigenvalue weighted by molar-refractivity contribution is -0.155. The van der Waals surface area contributed by atoms with Crippen LogP contribution in [0.1, 0.15) is 12.8 Å². The molecule has 1 aliphatic rings. The van der Waals surface area contributed by atoms with Crippen molar-refractivity contribution in [2.45, 2.75) is 31.2 Å². The Hall–Kier alpha value is -0.650. The molecule has 0 radical (unpaired) electrons. The zero-order valence-corrected chi connectivity index (χ0v) is 7.38. The summed E-state index contributed by atoms with van der Waals surface area (Å²) in [6.45, 7) is 0. The first-order valence-electron chi connectivity index (χ1n) is 4.18. The van der Waals surface area contributed by atoms with Crippen LogP contribution in [0, 0.1) is 5.92 Å². The molecule has 0 aromatic rings. The van der Waals surface area contributed by atoms with Gasteiger partial charge in [-0.05, 0) is 12.8 Å². The van der Waals surface area contributed by atoms with E-state index in [1.165, 1.54) is 7.11 Å². The Morgan fingerprint density at radius 3 is 2.46 bits per heavy atom. The standard InChI is InChI=1S/C8H14O5/c1-13-6-3-4(8(11)12)2-5(9)7(6)10/h4-7,9-10H,2-3H2,1H3,(H,11,12). The fourth-order valence-electron chi connectivity index (χ4n) is 1.63. The van der Waals surface area contributed by atoms with E-state index in [2.05, 4.69) is 0 Å². The third kappa shape index (κ3) is 2.18. The maximum absolute atomic E-state index is 10.6. The highest BCUT2D eigenvalue weighted by Crippen LogP contribution is 2.26.